The minimum Gasteiger partial charge on any atom is -0.497 e. The number of methoxy groups -OCH3 is 1. The predicted molar refractivity (Wildman–Crippen MR) is 106 cm³/mol. The predicted octanol–water partition coefficient (Wildman–Crippen LogP) is 4.79. The van der Waals surface area contributed by atoms with E-state index >= 15 is 0 Å². The van der Waals surface area contributed by atoms with Gasteiger partial charge in [0, 0.05) is 5.56 Å². The van der Waals surface area contributed by atoms with Gasteiger partial charge in [0.05, 0.1) is 12.5 Å². The fraction of sp³-hybridized carbons (Fsp3) is 0.182. The van der Waals surface area contributed by atoms with E-state index < -0.39 is 11.6 Å². The number of carbonyl (C=O) groups excluding carboxylic acids is 1. The number of fused-ring (bicyclic) bond motifs is 1. The summed E-state index contributed by atoms with van der Waals surface area (Å²) in [6.07, 6.45) is 0.394. The van der Waals surface area contributed by atoms with E-state index in [1.54, 1.807) is 43.5 Å². The van der Waals surface area contributed by atoms with E-state index in [9.17, 15) is 9.59 Å². The average Bonchev–Trinajstić information content (AvgIpc) is 2.70. The molecule has 0 unspecified atom stereocenters. The highest BCUT2D eigenvalue weighted by molar-refractivity contribution is 5.84. The molecule has 3 rings (SSSR count). The van der Waals surface area contributed by atoms with Crippen LogP contribution in [0.3, 0.4) is 0 Å². The highest BCUT2D eigenvalue weighted by Crippen LogP contribution is 2.33. The van der Waals surface area contributed by atoms with Crippen LogP contribution in [0.1, 0.15) is 11.1 Å². The van der Waals surface area contributed by atoms with Crippen molar-refractivity contribution in [1.29, 1.82) is 0 Å². The van der Waals surface area contributed by atoms with Crippen molar-refractivity contribution in [3.63, 3.8) is 0 Å². The molecule has 1 heterocycles. The monoisotopic (exact) mass is 380 g/mol. The van der Waals surface area contributed by atoms with Crippen LogP contribution in [0.4, 0.5) is 4.79 Å². The molecule has 0 aliphatic carbocycles. The van der Waals surface area contributed by atoms with Crippen molar-refractivity contribution >= 4 is 17.1 Å². The Hall–Kier alpha value is -3.54. The maximum Gasteiger partial charge on any atom is 0.514 e. The molecule has 6 nitrogen and oxygen atoms in total. The van der Waals surface area contributed by atoms with Gasteiger partial charge in [-0.3, -0.25) is 4.79 Å². The molecule has 0 fully saturated rings. The van der Waals surface area contributed by atoms with Crippen molar-refractivity contribution in [2.75, 3.05) is 13.7 Å². The average molecular weight is 380 g/mol. The Morgan fingerprint density at radius 1 is 1.14 bits per heavy atom. The van der Waals surface area contributed by atoms with Crippen molar-refractivity contribution in [3.05, 3.63) is 70.4 Å². The standard InChI is InChI=1S/C22H20O6/c1-5-10-26-22(24)28-21-19(23)17-11-13(2)14(3)12-18(17)27-20(21)15-6-8-16(25-4)9-7-15/h5-9,11-12H,1,10H2,2-4H3. The minimum atomic E-state index is -1.01. The molecule has 0 aliphatic rings. The zero-order valence-electron chi connectivity index (χ0n) is 15.9. The van der Waals surface area contributed by atoms with Gasteiger partial charge in [-0.2, -0.15) is 0 Å². The first-order valence-corrected chi connectivity index (χ1v) is 8.62. The molecular formula is C22H20O6. The third kappa shape index (κ3) is 3.76. The summed E-state index contributed by atoms with van der Waals surface area (Å²) in [4.78, 5) is 25.1. The Bertz CT molecular complexity index is 1090. The fourth-order valence-electron chi connectivity index (χ4n) is 2.70. The molecule has 0 radical (unpaired) electrons. The van der Waals surface area contributed by atoms with E-state index in [2.05, 4.69) is 6.58 Å². The lowest BCUT2D eigenvalue weighted by molar-refractivity contribution is 0.109. The number of ether oxygens (including phenoxy) is 3. The van der Waals surface area contributed by atoms with Gasteiger partial charge in [-0.1, -0.05) is 12.7 Å². The third-order valence-corrected chi connectivity index (χ3v) is 4.32. The van der Waals surface area contributed by atoms with E-state index in [0.29, 0.717) is 22.3 Å². The van der Waals surface area contributed by atoms with Crippen LogP contribution in [0, 0.1) is 13.8 Å². The SMILES string of the molecule is C=CCOC(=O)Oc1c(-c2ccc(OC)cc2)oc2cc(C)c(C)cc2c1=O. The zero-order chi connectivity index (χ0) is 20.3. The van der Waals surface area contributed by atoms with E-state index in [1.807, 2.05) is 13.8 Å². The molecule has 2 aromatic carbocycles. The van der Waals surface area contributed by atoms with Crippen molar-refractivity contribution in [3.8, 4) is 22.8 Å². The normalized spacial score (nSPS) is 10.5. The first-order valence-electron chi connectivity index (χ1n) is 8.62. The summed E-state index contributed by atoms with van der Waals surface area (Å²) < 4.78 is 21.2. The number of aryl methyl sites for hydroxylation is 2. The molecule has 0 N–H and O–H groups in total. The molecule has 28 heavy (non-hydrogen) atoms. The molecule has 0 aliphatic heterocycles. The van der Waals surface area contributed by atoms with Gasteiger partial charge in [-0.15, -0.1) is 0 Å². The lowest BCUT2D eigenvalue weighted by Crippen LogP contribution is -2.17. The lowest BCUT2D eigenvalue weighted by Gasteiger charge is -2.12. The fourth-order valence-corrected chi connectivity index (χ4v) is 2.70. The zero-order valence-corrected chi connectivity index (χ0v) is 15.9. The van der Waals surface area contributed by atoms with Crippen molar-refractivity contribution in [1.82, 2.24) is 0 Å². The smallest absolute Gasteiger partial charge is 0.497 e. The Balaban J connectivity index is 2.21. The van der Waals surface area contributed by atoms with E-state index in [4.69, 9.17) is 18.6 Å². The highest BCUT2D eigenvalue weighted by Gasteiger charge is 2.21. The molecule has 0 bridgehead atoms. The molecule has 1 aromatic heterocycles. The van der Waals surface area contributed by atoms with Gasteiger partial charge >= 0.3 is 6.16 Å². The van der Waals surface area contributed by atoms with Crippen LogP contribution in [0.15, 0.2) is 58.3 Å². The quantitative estimate of drug-likeness (QED) is 0.468. The first kappa shape index (κ1) is 19.2. The molecule has 0 atom stereocenters. The molecular weight excluding hydrogens is 360 g/mol. The number of hydrogen-bond donors (Lipinski definition) is 0. The highest BCUT2D eigenvalue weighted by atomic mass is 16.7. The van der Waals surface area contributed by atoms with Crippen molar-refractivity contribution in [2.24, 2.45) is 0 Å². The van der Waals surface area contributed by atoms with Gasteiger partial charge in [0.2, 0.25) is 11.2 Å². The Morgan fingerprint density at radius 2 is 1.82 bits per heavy atom. The van der Waals surface area contributed by atoms with Crippen molar-refractivity contribution < 1.29 is 23.4 Å². The topological polar surface area (TPSA) is 75.0 Å². The summed E-state index contributed by atoms with van der Waals surface area (Å²) in [6.45, 7) is 7.26. The Kier molecular flexibility index (Phi) is 5.49. The maximum atomic E-state index is 13.1. The summed E-state index contributed by atoms with van der Waals surface area (Å²) in [5.74, 6) is 0.556. The van der Waals surface area contributed by atoms with Crippen LogP contribution < -0.4 is 14.9 Å². The largest absolute Gasteiger partial charge is 0.514 e. The second-order valence-electron chi connectivity index (χ2n) is 6.20. The second kappa shape index (κ2) is 8.00. The number of hydrogen-bond acceptors (Lipinski definition) is 6. The van der Waals surface area contributed by atoms with Crippen LogP contribution in [0.2, 0.25) is 0 Å². The maximum absolute atomic E-state index is 13.1. The Morgan fingerprint density at radius 3 is 2.46 bits per heavy atom. The van der Waals surface area contributed by atoms with Crippen LogP contribution in [0.5, 0.6) is 11.5 Å². The van der Waals surface area contributed by atoms with Crippen LogP contribution in [-0.4, -0.2) is 19.9 Å². The third-order valence-electron chi connectivity index (χ3n) is 4.32. The summed E-state index contributed by atoms with van der Waals surface area (Å²) in [6, 6.07) is 10.4. The number of carbonyl (C=O) groups is 1. The van der Waals surface area contributed by atoms with Crippen LogP contribution in [0.25, 0.3) is 22.3 Å². The summed E-state index contributed by atoms with van der Waals surface area (Å²) in [7, 11) is 1.56. The van der Waals surface area contributed by atoms with E-state index in [-0.39, 0.29) is 18.1 Å². The lowest BCUT2D eigenvalue weighted by atomic mass is 10.0. The van der Waals surface area contributed by atoms with Gasteiger partial charge < -0.3 is 18.6 Å². The van der Waals surface area contributed by atoms with Gasteiger partial charge in [0.1, 0.15) is 17.9 Å². The van der Waals surface area contributed by atoms with Gasteiger partial charge in [-0.05, 0) is 61.4 Å². The minimum absolute atomic E-state index is 0.0338. The molecule has 0 saturated carbocycles. The van der Waals surface area contributed by atoms with E-state index in [0.717, 1.165) is 11.1 Å². The first-order chi connectivity index (χ1) is 13.4. The summed E-state index contributed by atoms with van der Waals surface area (Å²) in [5.41, 5.74) is 2.42. The summed E-state index contributed by atoms with van der Waals surface area (Å²) in [5, 5.41) is 0.326. The molecule has 0 amide bonds. The van der Waals surface area contributed by atoms with Crippen LogP contribution in [-0.2, 0) is 4.74 Å². The molecule has 6 heteroatoms. The van der Waals surface area contributed by atoms with Crippen molar-refractivity contribution in [2.45, 2.75) is 13.8 Å². The Labute approximate surface area is 162 Å². The summed E-state index contributed by atoms with van der Waals surface area (Å²) >= 11 is 0. The van der Waals surface area contributed by atoms with Gasteiger partial charge in [0.25, 0.3) is 0 Å². The molecule has 0 saturated heterocycles. The second-order valence-corrected chi connectivity index (χ2v) is 6.20. The molecule has 144 valence electrons. The number of rotatable bonds is 5. The van der Waals surface area contributed by atoms with Crippen LogP contribution >= 0.6 is 0 Å². The van der Waals surface area contributed by atoms with Gasteiger partial charge in [-0.25, -0.2) is 4.79 Å². The van der Waals surface area contributed by atoms with E-state index in [1.165, 1.54) is 6.08 Å². The molecule has 0 spiro atoms. The van der Waals surface area contributed by atoms with Gasteiger partial charge in [0.15, 0.2) is 5.76 Å². The molecule has 3 aromatic rings. The number of benzene rings is 2.